The first-order chi connectivity index (χ1) is 13.0. The summed E-state index contributed by atoms with van der Waals surface area (Å²) in [6, 6.07) is 11.3. The van der Waals surface area contributed by atoms with Crippen molar-refractivity contribution in [3.63, 3.8) is 0 Å². The van der Waals surface area contributed by atoms with Crippen LogP contribution in [0.25, 0.3) is 0 Å². The monoisotopic (exact) mass is 388 g/mol. The molecule has 0 aromatic heterocycles. The number of piperidine rings is 1. The van der Waals surface area contributed by atoms with Gasteiger partial charge in [0, 0.05) is 31.4 Å². The zero-order valence-electron chi connectivity index (χ0n) is 15.6. The highest BCUT2D eigenvalue weighted by Gasteiger charge is 2.30. The van der Waals surface area contributed by atoms with E-state index in [0.29, 0.717) is 6.04 Å². The van der Waals surface area contributed by atoms with Gasteiger partial charge in [0.2, 0.25) is 9.84 Å². The lowest BCUT2D eigenvalue weighted by molar-refractivity contribution is 0.219. The number of likely N-dealkylation sites (tertiary alicyclic amines) is 1. The summed E-state index contributed by atoms with van der Waals surface area (Å²) in [6.45, 7) is 6.46. The summed E-state index contributed by atoms with van der Waals surface area (Å²) in [5.41, 5.74) is 2.18. The van der Waals surface area contributed by atoms with Crippen LogP contribution in [0.3, 0.4) is 0 Å². The van der Waals surface area contributed by atoms with Crippen LogP contribution in [0.1, 0.15) is 25.3 Å². The van der Waals surface area contributed by atoms with E-state index in [1.807, 2.05) is 6.07 Å². The first-order valence-corrected chi connectivity index (χ1v) is 11.1. The van der Waals surface area contributed by atoms with Gasteiger partial charge in [0.15, 0.2) is 0 Å². The van der Waals surface area contributed by atoms with E-state index in [4.69, 9.17) is 0 Å². The zero-order chi connectivity index (χ0) is 19.0. The molecule has 4 nitrogen and oxygen atoms in total. The number of hydrogen-bond donors (Lipinski definition) is 0. The first-order valence-electron chi connectivity index (χ1n) is 9.62. The van der Waals surface area contributed by atoms with Gasteiger partial charge in [0.05, 0.1) is 4.90 Å². The van der Waals surface area contributed by atoms with Crippen molar-refractivity contribution in [3.8, 4) is 0 Å². The number of anilines is 1. The third kappa shape index (κ3) is 3.36. The molecule has 0 N–H and O–H groups in total. The molecule has 1 fully saturated rings. The second-order valence-electron chi connectivity index (χ2n) is 7.33. The van der Waals surface area contributed by atoms with Gasteiger partial charge < -0.3 is 9.80 Å². The molecular weight excluding hydrogens is 363 g/mol. The lowest BCUT2D eigenvalue weighted by Gasteiger charge is -2.37. The molecular formula is C21H25FN2O2S. The van der Waals surface area contributed by atoms with Gasteiger partial charge in [0.25, 0.3) is 0 Å². The van der Waals surface area contributed by atoms with E-state index >= 15 is 0 Å². The van der Waals surface area contributed by atoms with Gasteiger partial charge in [-0.3, -0.25) is 0 Å². The number of sulfone groups is 1. The van der Waals surface area contributed by atoms with E-state index in [0.717, 1.165) is 56.7 Å². The quantitative estimate of drug-likeness (QED) is 0.804. The van der Waals surface area contributed by atoms with Crippen molar-refractivity contribution in [2.75, 3.05) is 31.1 Å². The van der Waals surface area contributed by atoms with E-state index in [1.165, 1.54) is 18.2 Å². The van der Waals surface area contributed by atoms with E-state index < -0.39 is 15.7 Å². The van der Waals surface area contributed by atoms with Crippen molar-refractivity contribution in [1.29, 1.82) is 0 Å². The Balaban J connectivity index is 1.60. The first kappa shape index (κ1) is 18.4. The Hall–Kier alpha value is -1.92. The smallest absolute Gasteiger partial charge is 0.209 e. The van der Waals surface area contributed by atoms with Crippen molar-refractivity contribution in [3.05, 3.63) is 53.8 Å². The molecule has 2 aromatic carbocycles. The summed E-state index contributed by atoms with van der Waals surface area (Å²) < 4.78 is 39.7. The Morgan fingerprint density at radius 3 is 2.52 bits per heavy atom. The number of nitrogens with zero attached hydrogens (tertiary/aromatic N) is 2. The lowest BCUT2D eigenvalue weighted by atomic mass is 10.0. The van der Waals surface area contributed by atoms with Gasteiger partial charge in [-0.15, -0.1) is 0 Å². The molecule has 0 bridgehead atoms. The number of rotatable bonds is 4. The highest BCUT2D eigenvalue weighted by atomic mass is 32.2. The van der Waals surface area contributed by atoms with Gasteiger partial charge in [-0.1, -0.05) is 19.1 Å². The van der Waals surface area contributed by atoms with Crippen molar-refractivity contribution in [2.24, 2.45) is 0 Å². The second kappa shape index (κ2) is 7.24. The standard InChI is InChI=1S/C21H25FN2O2S/c1-2-23-12-10-17(11-13-23)24-14-9-16-15-18(7-8-20(16)24)27(25,26)21-6-4-3-5-19(21)22/h3-8,15,17H,2,9-14H2,1H3. The summed E-state index contributed by atoms with van der Waals surface area (Å²) >= 11 is 0. The Labute approximate surface area is 160 Å². The Kier molecular flexibility index (Phi) is 4.95. The third-order valence-corrected chi connectivity index (χ3v) is 7.65. The average molecular weight is 389 g/mol. The Morgan fingerprint density at radius 2 is 1.81 bits per heavy atom. The number of hydrogen-bond acceptors (Lipinski definition) is 4. The molecule has 0 atom stereocenters. The normalized spacial score (nSPS) is 18.7. The summed E-state index contributed by atoms with van der Waals surface area (Å²) in [7, 11) is -3.84. The molecule has 2 heterocycles. The van der Waals surface area contributed by atoms with Crippen molar-refractivity contribution in [1.82, 2.24) is 4.90 Å². The minimum absolute atomic E-state index is 0.175. The van der Waals surface area contributed by atoms with Crippen LogP contribution in [0.2, 0.25) is 0 Å². The topological polar surface area (TPSA) is 40.6 Å². The highest BCUT2D eigenvalue weighted by molar-refractivity contribution is 7.91. The van der Waals surface area contributed by atoms with Crippen LogP contribution < -0.4 is 4.90 Å². The van der Waals surface area contributed by atoms with Crippen molar-refractivity contribution >= 4 is 15.5 Å². The fraction of sp³-hybridized carbons (Fsp3) is 0.429. The van der Waals surface area contributed by atoms with E-state index in [1.54, 1.807) is 18.2 Å². The van der Waals surface area contributed by atoms with Gasteiger partial charge >= 0.3 is 0 Å². The summed E-state index contributed by atoms with van der Waals surface area (Å²) in [5, 5.41) is 0. The molecule has 27 heavy (non-hydrogen) atoms. The molecule has 0 spiro atoms. The zero-order valence-corrected chi connectivity index (χ0v) is 16.4. The minimum atomic E-state index is -3.84. The average Bonchev–Trinajstić information content (AvgIpc) is 3.11. The molecule has 1 saturated heterocycles. The van der Waals surface area contributed by atoms with E-state index in [-0.39, 0.29) is 9.79 Å². The predicted octanol–water partition coefficient (Wildman–Crippen LogP) is 3.51. The van der Waals surface area contributed by atoms with Crippen LogP contribution in [0, 0.1) is 5.82 Å². The van der Waals surface area contributed by atoms with Gasteiger partial charge in [0.1, 0.15) is 10.7 Å². The fourth-order valence-corrected chi connectivity index (χ4v) is 5.67. The summed E-state index contributed by atoms with van der Waals surface area (Å²) in [6.07, 6.45) is 3.12. The van der Waals surface area contributed by atoms with Crippen LogP contribution in [0.5, 0.6) is 0 Å². The molecule has 0 radical (unpaired) electrons. The molecule has 144 valence electrons. The highest BCUT2D eigenvalue weighted by Crippen LogP contribution is 2.35. The lowest BCUT2D eigenvalue weighted by Crippen LogP contribution is -2.44. The molecule has 2 aromatic rings. The maximum Gasteiger partial charge on any atom is 0.209 e. The maximum atomic E-state index is 14.0. The fourth-order valence-electron chi connectivity index (χ4n) is 4.29. The van der Waals surface area contributed by atoms with Crippen LogP contribution in [-0.2, 0) is 16.3 Å². The Morgan fingerprint density at radius 1 is 1.07 bits per heavy atom. The summed E-state index contributed by atoms with van der Waals surface area (Å²) in [4.78, 5) is 4.82. The number of fused-ring (bicyclic) bond motifs is 1. The van der Waals surface area contributed by atoms with Gasteiger partial charge in [-0.2, -0.15) is 0 Å². The van der Waals surface area contributed by atoms with Crippen LogP contribution in [0.4, 0.5) is 10.1 Å². The van der Waals surface area contributed by atoms with Crippen LogP contribution in [-0.4, -0.2) is 45.5 Å². The summed E-state index contributed by atoms with van der Waals surface area (Å²) in [5.74, 6) is -0.706. The molecule has 2 aliphatic rings. The van der Waals surface area contributed by atoms with Gasteiger partial charge in [-0.25, -0.2) is 12.8 Å². The molecule has 0 unspecified atom stereocenters. The van der Waals surface area contributed by atoms with Crippen LogP contribution >= 0.6 is 0 Å². The second-order valence-corrected chi connectivity index (χ2v) is 9.25. The molecule has 0 amide bonds. The third-order valence-electron chi connectivity index (χ3n) is 5.86. The van der Waals surface area contributed by atoms with Crippen molar-refractivity contribution < 1.29 is 12.8 Å². The maximum absolute atomic E-state index is 14.0. The van der Waals surface area contributed by atoms with Crippen molar-refractivity contribution in [2.45, 2.75) is 42.0 Å². The Bertz CT molecular complexity index is 937. The van der Waals surface area contributed by atoms with Gasteiger partial charge in [-0.05, 0) is 61.7 Å². The molecule has 2 aliphatic heterocycles. The largest absolute Gasteiger partial charge is 0.368 e. The molecule has 0 aliphatic carbocycles. The SMILES string of the molecule is CCN1CCC(N2CCc3cc(S(=O)(=O)c4ccccc4F)ccc32)CC1. The predicted molar refractivity (Wildman–Crippen MR) is 104 cm³/mol. The molecule has 4 rings (SSSR count). The minimum Gasteiger partial charge on any atom is -0.368 e. The molecule has 0 saturated carbocycles. The number of benzene rings is 2. The van der Waals surface area contributed by atoms with E-state index in [2.05, 4.69) is 16.7 Å². The number of halogens is 1. The van der Waals surface area contributed by atoms with E-state index in [9.17, 15) is 12.8 Å². The molecule has 6 heteroatoms. The van der Waals surface area contributed by atoms with Crippen LogP contribution in [0.15, 0.2) is 52.3 Å².